The number of ether oxygens (including phenoxy) is 2. The van der Waals surface area contributed by atoms with Crippen LogP contribution >= 0.6 is 15.9 Å². The van der Waals surface area contributed by atoms with Gasteiger partial charge in [0.1, 0.15) is 5.60 Å². The van der Waals surface area contributed by atoms with Crippen LogP contribution in [-0.2, 0) is 16.1 Å². The van der Waals surface area contributed by atoms with Crippen LogP contribution in [0, 0.1) is 0 Å². The van der Waals surface area contributed by atoms with Gasteiger partial charge in [-0.2, -0.15) is 0 Å². The van der Waals surface area contributed by atoms with Gasteiger partial charge >= 0.3 is 6.09 Å². The molecule has 0 radical (unpaired) electrons. The quantitative estimate of drug-likeness (QED) is 0.812. The Morgan fingerprint density at radius 3 is 2.64 bits per heavy atom. The number of carbonyl (C=O) groups excluding carboxylic acids is 1. The first kappa shape index (κ1) is 17.2. The second-order valence-electron chi connectivity index (χ2n) is 6.49. The second-order valence-corrected chi connectivity index (χ2v) is 7.40. The minimum Gasteiger partial charge on any atom is -0.444 e. The summed E-state index contributed by atoms with van der Waals surface area (Å²) in [5.74, 6) is 0. The number of nitrogens with zero attached hydrogens (tertiary/aromatic N) is 2. The Kier molecular flexibility index (Phi) is 5.81. The zero-order chi connectivity index (χ0) is 16.2. The van der Waals surface area contributed by atoms with E-state index in [-0.39, 0.29) is 12.2 Å². The van der Waals surface area contributed by atoms with Crippen LogP contribution < -0.4 is 0 Å². The van der Waals surface area contributed by atoms with Crippen molar-refractivity contribution in [2.24, 2.45) is 0 Å². The molecule has 1 aromatic rings. The fraction of sp³-hybridized carbons (Fsp3) is 0.625. The first-order chi connectivity index (χ1) is 10.3. The van der Waals surface area contributed by atoms with Crippen LogP contribution in [0.3, 0.4) is 0 Å². The summed E-state index contributed by atoms with van der Waals surface area (Å²) in [7, 11) is 0. The van der Waals surface area contributed by atoms with E-state index >= 15 is 0 Å². The number of amides is 1. The van der Waals surface area contributed by atoms with Gasteiger partial charge in [-0.15, -0.1) is 0 Å². The first-order valence-electron chi connectivity index (χ1n) is 7.52. The van der Waals surface area contributed by atoms with Crippen molar-refractivity contribution in [1.82, 2.24) is 9.88 Å². The highest BCUT2D eigenvalue weighted by Crippen LogP contribution is 2.19. The summed E-state index contributed by atoms with van der Waals surface area (Å²) in [5.41, 5.74) is 0.599. The lowest BCUT2D eigenvalue weighted by Gasteiger charge is -2.33. The van der Waals surface area contributed by atoms with E-state index in [0.29, 0.717) is 19.7 Å². The maximum absolute atomic E-state index is 12.0. The van der Waals surface area contributed by atoms with E-state index in [0.717, 1.165) is 22.9 Å². The van der Waals surface area contributed by atoms with E-state index in [2.05, 4.69) is 20.9 Å². The fourth-order valence-electron chi connectivity index (χ4n) is 2.28. The van der Waals surface area contributed by atoms with Crippen LogP contribution in [0.4, 0.5) is 4.79 Å². The summed E-state index contributed by atoms with van der Waals surface area (Å²) in [5, 5.41) is 0. The summed E-state index contributed by atoms with van der Waals surface area (Å²) < 4.78 is 12.3. The van der Waals surface area contributed by atoms with Crippen molar-refractivity contribution in [3.8, 4) is 0 Å². The molecule has 1 aliphatic heterocycles. The predicted octanol–water partition coefficient (Wildman–Crippen LogP) is 3.76. The van der Waals surface area contributed by atoms with Crippen molar-refractivity contribution < 1.29 is 14.3 Å². The zero-order valence-electron chi connectivity index (χ0n) is 13.3. The fourth-order valence-corrected chi connectivity index (χ4v) is 2.69. The van der Waals surface area contributed by atoms with Gasteiger partial charge in [-0.3, -0.25) is 4.98 Å². The minimum atomic E-state index is -0.446. The van der Waals surface area contributed by atoms with Crippen LogP contribution in [0.5, 0.6) is 0 Å². The van der Waals surface area contributed by atoms with Gasteiger partial charge in [-0.05, 0) is 61.2 Å². The molecule has 0 atom stereocenters. The molecule has 2 heterocycles. The van der Waals surface area contributed by atoms with Gasteiger partial charge in [-0.1, -0.05) is 0 Å². The maximum atomic E-state index is 12.0. The van der Waals surface area contributed by atoms with Crippen LogP contribution in [0.1, 0.15) is 39.2 Å². The molecule has 0 aliphatic carbocycles. The van der Waals surface area contributed by atoms with Crippen LogP contribution in [-0.4, -0.2) is 40.8 Å². The normalized spacial score (nSPS) is 16.6. The number of hydrogen-bond acceptors (Lipinski definition) is 4. The zero-order valence-corrected chi connectivity index (χ0v) is 14.9. The molecule has 0 saturated carbocycles. The average Bonchev–Trinajstić information content (AvgIpc) is 2.44. The standard InChI is InChI=1S/C16H23BrN2O3/c1-16(2,3)22-15(20)19-6-4-14(5-7-19)21-11-12-8-13(17)10-18-9-12/h8-10,14H,4-7,11H2,1-3H3. The molecule has 1 aromatic heterocycles. The number of carbonyl (C=O) groups is 1. The third-order valence-corrected chi connectivity index (χ3v) is 3.77. The lowest BCUT2D eigenvalue weighted by atomic mass is 10.1. The molecule has 1 amide bonds. The van der Waals surface area contributed by atoms with Crippen LogP contribution in [0.2, 0.25) is 0 Å². The van der Waals surface area contributed by atoms with Crippen molar-refractivity contribution >= 4 is 22.0 Å². The van der Waals surface area contributed by atoms with Gasteiger partial charge in [0.2, 0.25) is 0 Å². The molecule has 0 bridgehead atoms. The topological polar surface area (TPSA) is 51.7 Å². The maximum Gasteiger partial charge on any atom is 0.410 e. The highest BCUT2D eigenvalue weighted by atomic mass is 79.9. The highest BCUT2D eigenvalue weighted by molar-refractivity contribution is 9.10. The number of pyridine rings is 1. The van der Waals surface area contributed by atoms with Gasteiger partial charge in [0.15, 0.2) is 0 Å². The second kappa shape index (κ2) is 7.42. The third kappa shape index (κ3) is 5.57. The number of hydrogen-bond donors (Lipinski definition) is 0. The Morgan fingerprint density at radius 1 is 1.36 bits per heavy atom. The Labute approximate surface area is 140 Å². The SMILES string of the molecule is CC(C)(C)OC(=O)N1CCC(OCc2cncc(Br)c2)CC1. The monoisotopic (exact) mass is 370 g/mol. The highest BCUT2D eigenvalue weighted by Gasteiger charge is 2.27. The van der Waals surface area contributed by atoms with Crippen LogP contribution in [0.25, 0.3) is 0 Å². The average molecular weight is 371 g/mol. The van der Waals surface area contributed by atoms with Crippen molar-refractivity contribution in [1.29, 1.82) is 0 Å². The molecule has 6 heteroatoms. The van der Waals surface area contributed by atoms with Crippen LogP contribution in [0.15, 0.2) is 22.9 Å². The molecule has 22 heavy (non-hydrogen) atoms. The molecular formula is C16H23BrN2O3. The van der Waals surface area contributed by atoms with E-state index in [9.17, 15) is 4.79 Å². The first-order valence-corrected chi connectivity index (χ1v) is 8.32. The molecule has 1 saturated heterocycles. The minimum absolute atomic E-state index is 0.178. The number of likely N-dealkylation sites (tertiary alicyclic amines) is 1. The Bertz CT molecular complexity index is 508. The third-order valence-electron chi connectivity index (χ3n) is 3.34. The number of rotatable bonds is 3. The largest absolute Gasteiger partial charge is 0.444 e. The molecule has 5 nitrogen and oxygen atoms in total. The molecule has 1 aliphatic rings. The van der Waals surface area contributed by atoms with E-state index in [1.807, 2.05) is 26.8 Å². The van der Waals surface area contributed by atoms with Crippen molar-refractivity contribution in [2.75, 3.05) is 13.1 Å². The molecular weight excluding hydrogens is 348 g/mol. The Hall–Kier alpha value is -1.14. The summed E-state index contributed by atoms with van der Waals surface area (Å²) in [6.45, 7) is 7.54. The van der Waals surface area contributed by atoms with E-state index < -0.39 is 5.60 Å². The smallest absolute Gasteiger partial charge is 0.410 e. The summed E-state index contributed by atoms with van der Waals surface area (Å²) in [6.07, 6.45) is 5.17. The Morgan fingerprint density at radius 2 is 2.05 bits per heavy atom. The molecule has 0 unspecified atom stereocenters. The molecule has 1 fully saturated rings. The number of piperidine rings is 1. The van der Waals surface area contributed by atoms with Gasteiger partial charge in [-0.25, -0.2) is 4.79 Å². The summed E-state index contributed by atoms with van der Waals surface area (Å²) in [4.78, 5) is 17.9. The van der Waals surface area contributed by atoms with Gasteiger partial charge in [0.25, 0.3) is 0 Å². The number of aromatic nitrogens is 1. The predicted molar refractivity (Wildman–Crippen MR) is 87.6 cm³/mol. The lowest BCUT2D eigenvalue weighted by Crippen LogP contribution is -2.43. The lowest BCUT2D eigenvalue weighted by molar-refractivity contribution is -0.0171. The van der Waals surface area contributed by atoms with E-state index in [4.69, 9.17) is 9.47 Å². The molecule has 0 N–H and O–H groups in total. The van der Waals surface area contributed by atoms with Crippen molar-refractivity contribution in [3.05, 3.63) is 28.5 Å². The van der Waals surface area contributed by atoms with Crippen molar-refractivity contribution in [2.45, 2.75) is 51.9 Å². The molecule has 0 spiro atoms. The number of halogens is 1. The van der Waals surface area contributed by atoms with Gasteiger partial charge < -0.3 is 14.4 Å². The van der Waals surface area contributed by atoms with Gasteiger partial charge in [0, 0.05) is 30.0 Å². The molecule has 0 aromatic carbocycles. The summed E-state index contributed by atoms with van der Waals surface area (Å²) in [6, 6.07) is 2.00. The van der Waals surface area contributed by atoms with E-state index in [1.165, 1.54) is 0 Å². The van der Waals surface area contributed by atoms with Crippen molar-refractivity contribution in [3.63, 3.8) is 0 Å². The molecule has 2 rings (SSSR count). The molecule has 122 valence electrons. The summed E-state index contributed by atoms with van der Waals surface area (Å²) >= 11 is 3.40. The van der Waals surface area contributed by atoms with Gasteiger partial charge in [0.05, 0.1) is 12.7 Å². The van der Waals surface area contributed by atoms with E-state index in [1.54, 1.807) is 17.3 Å². The Balaban J connectivity index is 1.74.